The Balaban J connectivity index is 1.83. The standard InChI is InChI=1S/C23H20ClNO4/c1-16(26)15-29-21-10-9-20(14-22(21)28-2)25-12-11-18(13-23(25)27)4-3-17-5-7-19(24)8-6-17/h3-14,26H,1,15H2,2H3/b4-3-. The van der Waals surface area contributed by atoms with Crippen LogP contribution in [0.2, 0.25) is 5.02 Å². The van der Waals surface area contributed by atoms with Crippen LogP contribution >= 0.6 is 11.6 Å². The first-order valence-corrected chi connectivity index (χ1v) is 9.18. The maximum absolute atomic E-state index is 12.6. The van der Waals surface area contributed by atoms with Gasteiger partial charge in [-0.15, -0.1) is 0 Å². The van der Waals surface area contributed by atoms with Crippen LogP contribution in [-0.2, 0) is 0 Å². The Kier molecular flexibility index (Phi) is 6.42. The van der Waals surface area contributed by atoms with Gasteiger partial charge in [0, 0.05) is 23.4 Å². The Morgan fingerprint density at radius 2 is 1.79 bits per heavy atom. The summed E-state index contributed by atoms with van der Waals surface area (Å²) in [6, 6.07) is 16.0. The smallest absolute Gasteiger partial charge is 0.255 e. The second-order valence-electron chi connectivity index (χ2n) is 6.24. The van der Waals surface area contributed by atoms with E-state index in [4.69, 9.17) is 21.1 Å². The van der Waals surface area contributed by atoms with Gasteiger partial charge in [-0.25, -0.2) is 0 Å². The Morgan fingerprint density at radius 3 is 2.45 bits per heavy atom. The first kappa shape index (κ1) is 20.3. The zero-order valence-corrected chi connectivity index (χ0v) is 16.6. The fraction of sp³-hybridized carbons (Fsp3) is 0.0870. The molecule has 0 atom stereocenters. The van der Waals surface area contributed by atoms with Gasteiger partial charge in [-0.3, -0.25) is 9.36 Å². The lowest BCUT2D eigenvalue weighted by atomic mass is 10.1. The summed E-state index contributed by atoms with van der Waals surface area (Å²) in [5, 5.41) is 9.86. The number of rotatable bonds is 7. The number of aromatic nitrogens is 1. The van der Waals surface area contributed by atoms with Gasteiger partial charge in [0.25, 0.3) is 5.56 Å². The number of hydrogen-bond acceptors (Lipinski definition) is 4. The van der Waals surface area contributed by atoms with Crippen molar-refractivity contribution < 1.29 is 14.6 Å². The van der Waals surface area contributed by atoms with E-state index in [1.165, 1.54) is 11.7 Å². The highest BCUT2D eigenvalue weighted by Crippen LogP contribution is 2.29. The van der Waals surface area contributed by atoms with Crippen LogP contribution in [0.5, 0.6) is 11.5 Å². The lowest BCUT2D eigenvalue weighted by molar-refractivity contribution is 0.261. The molecule has 6 heteroatoms. The Hall–Kier alpha value is -3.44. The van der Waals surface area contributed by atoms with E-state index in [0.717, 1.165) is 11.1 Å². The highest BCUT2D eigenvalue weighted by atomic mass is 35.5. The molecule has 1 heterocycles. The number of aliphatic hydroxyl groups excluding tert-OH is 1. The van der Waals surface area contributed by atoms with Crippen molar-refractivity contribution in [1.29, 1.82) is 0 Å². The summed E-state index contributed by atoms with van der Waals surface area (Å²) in [6.07, 6.45) is 5.49. The molecular weight excluding hydrogens is 390 g/mol. The maximum Gasteiger partial charge on any atom is 0.255 e. The molecule has 3 aromatic rings. The number of methoxy groups -OCH3 is 1. The van der Waals surface area contributed by atoms with E-state index >= 15 is 0 Å². The zero-order valence-electron chi connectivity index (χ0n) is 15.8. The third kappa shape index (κ3) is 5.30. The lowest BCUT2D eigenvalue weighted by Crippen LogP contribution is -2.16. The van der Waals surface area contributed by atoms with Crippen molar-refractivity contribution in [1.82, 2.24) is 4.57 Å². The van der Waals surface area contributed by atoms with Crippen LogP contribution in [0.4, 0.5) is 0 Å². The molecule has 0 saturated carbocycles. The molecule has 0 bridgehead atoms. The Morgan fingerprint density at radius 1 is 1.07 bits per heavy atom. The van der Waals surface area contributed by atoms with Crippen molar-refractivity contribution in [3.8, 4) is 17.2 Å². The third-order valence-electron chi connectivity index (χ3n) is 4.10. The van der Waals surface area contributed by atoms with Gasteiger partial charge in [0.05, 0.1) is 12.8 Å². The van der Waals surface area contributed by atoms with Crippen LogP contribution < -0.4 is 15.0 Å². The number of aliphatic hydroxyl groups is 1. The van der Waals surface area contributed by atoms with Gasteiger partial charge in [0.1, 0.15) is 12.4 Å². The fourth-order valence-electron chi connectivity index (χ4n) is 2.66. The predicted molar refractivity (Wildman–Crippen MR) is 116 cm³/mol. The minimum atomic E-state index is -0.178. The molecular formula is C23H20ClNO4. The van der Waals surface area contributed by atoms with E-state index < -0.39 is 0 Å². The van der Waals surface area contributed by atoms with Crippen molar-refractivity contribution in [2.45, 2.75) is 0 Å². The van der Waals surface area contributed by atoms with Crippen LogP contribution in [0.3, 0.4) is 0 Å². The second-order valence-corrected chi connectivity index (χ2v) is 6.68. The van der Waals surface area contributed by atoms with Gasteiger partial charge in [0.2, 0.25) is 0 Å². The largest absolute Gasteiger partial charge is 0.509 e. The summed E-state index contributed by atoms with van der Waals surface area (Å²) < 4.78 is 12.3. The fourth-order valence-corrected chi connectivity index (χ4v) is 2.79. The maximum atomic E-state index is 12.6. The third-order valence-corrected chi connectivity index (χ3v) is 4.35. The van der Waals surface area contributed by atoms with Crippen LogP contribution in [0.25, 0.3) is 17.8 Å². The van der Waals surface area contributed by atoms with E-state index in [0.29, 0.717) is 22.2 Å². The molecule has 0 spiro atoms. The Bertz CT molecular complexity index is 1100. The first-order valence-electron chi connectivity index (χ1n) is 8.80. The summed E-state index contributed by atoms with van der Waals surface area (Å²) in [4.78, 5) is 12.6. The second kappa shape index (κ2) is 9.17. The summed E-state index contributed by atoms with van der Waals surface area (Å²) in [5.74, 6) is 0.805. The molecule has 3 rings (SSSR count). The molecule has 0 aliphatic rings. The number of hydrogen-bond donors (Lipinski definition) is 1. The minimum absolute atomic E-state index is 0.0374. The molecule has 5 nitrogen and oxygen atoms in total. The highest BCUT2D eigenvalue weighted by Gasteiger charge is 2.09. The predicted octanol–water partition coefficient (Wildman–Crippen LogP) is 5.12. The molecule has 0 saturated heterocycles. The van der Waals surface area contributed by atoms with Crippen LogP contribution in [-0.4, -0.2) is 23.4 Å². The van der Waals surface area contributed by atoms with E-state index in [-0.39, 0.29) is 17.9 Å². The van der Waals surface area contributed by atoms with Gasteiger partial charge in [-0.1, -0.05) is 42.5 Å². The quantitative estimate of drug-likeness (QED) is 0.550. The zero-order chi connectivity index (χ0) is 20.8. The van der Waals surface area contributed by atoms with E-state index in [2.05, 4.69) is 6.58 Å². The molecule has 0 amide bonds. The molecule has 148 valence electrons. The van der Waals surface area contributed by atoms with Crippen molar-refractivity contribution in [2.24, 2.45) is 0 Å². The summed E-state index contributed by atoms with van der Waals surface area (Å²) in [7, 11) is 1.51. The molecule has 29 heavy (non-hydrogen) atoms. The molecule has 0 fully saturated rings. The summed E-state index contributed by atoms with van der Waals surface area (Å²) in [5.41, 5.74) is 2.23. The first-order chi connectivity index (χ1) is 14.0. The van der Waals surface area contributed by atoms with Crippen molar-refractivity contribution >= 4 is 23.8 Å². The number of nitrogens with zero attached hydrogens (tertiary/aromatic N) is 1. The monoisotopic (exact) mass is 409 g/mol. The van der Waals surface area contributed by atoms with Gasteiger partial charge >= 0.3 is 0 Å². The molecule has 0 aliphatic heterocycles. The van der Waals surface area contributed by atoms with Crippen molar-refractivity contribution in [3.05, 3.63) is 99.6 Å². The number of pyridine rings is 1. The van der Waals surface area contributed by atoms with Crippen LogP contribution in [0.15, 0.2) is 77.9 Å². The average Bonchev–Trinajstić information content (AvgIpc) is 2.72. The molecule has 1 aromatic heterocycles. The van der Waals surface area contributed by atoms with Crippen LogP contribution in [0, 0.1) is 0 Å². The summed E-state index contributed by atoms with van der Waals surface area (Å²) in [6.45, 7) is 3.34. The van der Waals surface area contributed by atoms with Crippen molar-refractivity contribution in [2.75, 3.05) is 13.7 Å². The number of benzene rings is 2. The topological polar surface area (TPSA) is 60.7 Å². The van der Waals surface area contributed by atoms with E-state index in [1.807, 2.05) is 42.5 Å². The average molecular weight is 410 g/mol. The van der Waals surface area contributed by atoms with Gasteiger partial charge in [-0.2, -0.15) is 0 Å². The van der Waals surface area contributed by atoms with Crippen molar-refractivity contribution in [3.63, 3.8) is 0 Å². The van der Waals surface area contributed by atoms with E-state index in [9.17, 15) is 9.90 Å². The molecule has 2 aromatic carbocycles. The number of ether oxygens (including phenoxy) is 2. The van der Waals surface area contributed by atoms with Crippen LogP contribution in [0.1, 0.15) is 11.1 Å². The SMILES string of the molecule is C=C(O)COc1ccc(-n2ccc(/C=C\c3ccc(Cl)cc3)cc2=O)cc1OC. The summed E-state index contributed by atoms with van der Waals surface area (Å²) >= 11 is 5.89. The van der Waals surface area contributed by atoms with Gasteiger partial charge < -0.3 is 14.6 Å². The normalized spacial score (nSPS) is 10.8. The highest BCUT2D eigenvalue weighted by molar-refractivity contribution is 6.30. The minimum Gasteiger partial charge on any atom is -0.509 e. The lowest BCUT2D eigenvalue weighted by Gasteiger charge is -2.13. The molecule has 1 N–H and O–H groups in total. The van der Waals surface area contributed by atoms with Gasteiger partial charge in [-0.05, 0) is 41.5 Å². The Labute approximate surface area is 173 Å². The molecule has 0 radical (unpaired) electrons. The molecule has 0 unspecified atom stereocenters. The number of halogens is 1. The van der Waals surface area contributed by atoms with E-state index in [1.54, 1.807) is 30.5 Å². The van der Waals surface area contributed by atoms with Gasteiger partial charge in [0.15, 0.2) is 11.5 Å². The molecule has 0 aliphatic carbocycles.